The van der Waals surface area contributed by atoms with Gasteiger partial charge >= 0.3 is 22.7 Å². The number of aromatic hydroxyl groups is 1. The van der Waals surface area contributed by atoms with E-state index in [1.807, 2.05) is 158 Å². The van der Waals surface area contributed by atoms with Crippen LogP contribution in [0.4, 0.5) is 26.3 Å². The van der Waals surface area contributed by atoms with Gasteiger partial charge in [-0.2, -0.15) is 21.6 Å². The van der Waals surface area contributed by atoms with Gasteiger partial charge in [-0.05, 0) is 141 Å². The van der Waals surface area contributed by atoms with Gasteiger partial charge in [-0.25, -0.2) is 28.1 Å². The van der Waals surface area contributed by atoms with Crippen LogP contribution in [-0.4, -0.2) is 120 Å². The first kappa shape index (κ1) is 87.9. The molecule has 0 atom stereocenters. The van der Waals surface area contributed by atoms with Crippen molar-refractivity contribution in [1.82, 2.24) is 44.6 Å². The first-order valence-corrected chi connectivity index (χ1v) is 41.9. The summed E-state index contributed by atoms with van der Waals surface area (Å²) in [6.45, 7) is 0.848. The Kier molecular flexibility index (Phi) is 25.9. The van der Waals surface area contributed by atoms with Crippen LogP contribution in [0.2, 0.25) is 0 Å². The van der Waals surface area contributed by atoms with Gasteiger partial charge in [-0.1, -0.05) is 176 Å². The van der Waals surface area contributed by atoms with E-state index in [0.29, 0.717) is 81.4 Å². The summed E-state index contributed by atoms with van der Waals surface area (Å²) in [5, 5.41) is 29.9. The highest BCUT2D eigenvalue weighted by Gasteiger charge is 2.50. The zero-order valence-electron chi connectivity index (χ0n) is 69.4. The molecule has 0 spiro atoms. The van der Waals surface area contributed by atoms with Crippen LogP contribution in [0, 0.1) is 17.5 Å². The van der Waals surface area contributed by atoms with Crippen LogP contribution in [0.15, 0.2) is 304 Å². The number of amides is 3. The number of rotatable bonds is 22. The molecular formula is C99H76BF6N9O14S. The molecule has 6 aromatic heterocycles. The third-order valence-corrected chi connectivity index (χ3v) is 22.8. The van der Waals surface area contributed by atoms with Crippen molar-refractivity contribution in [2.75, 3.05) is 21.3 Å². The normalized spacial score (nSPS) is 12.7. The Hall–Kier alpha value is -15.6. The van der Waals surface area contributed by atoms with Gasteiger partial charge in [-0.3, -0.25) is 29.3 Å². The van der Waals surface area contributed by atoms with Crippen LogP contribution in [0.25, 0.3) is 55.0 Å². The highest BCUT2D eigenvalue weighted by Crippen LogP contribution is 2.52. The van der Waals surface area contributed by atoms with Gasteiger partial charge in [0.1, 0.15) is 46.2 Å². The summed E-state index contributed by atoms with van der Waals surface area (Å²) in [5.41, 5.74) is 5.83. The fourth-order valence-corrected chi connectivity index (χ4v) is 16.5. The molecule has 16 aromatic rings. The molecule has 10 aromatic carbocycles. The molecule has 130 heavy (non-hydrogen) atoms. The lowest BCUT2D eigenvalue weighted by Gasteiger charge is -2.24. The van der Waals surface area contributed by atoms with Crippen molar-refractivity contribution in [3.63, 3.8) is 0 Å². The second kappa shape index (κ2) is 38.3. The number of nitrogens with zero attached hydrogens (tertiary/aromatic N) is 9. The van der Waals surface area contributed by atoms with Gasteiger partial charge < -0.3 is 57.7 Å². The van der Waals surface area contributed by atoms with Crippen LogP contribution in [0.5, 0.6) is 40.6 Å². The van der Waals surface area contributed by atoms with Gasteiger partial charge in [-0.15, -0.1) is 0 Å². The number of phenols is 1. The zero-order valence-corrected chi connectivity index (χ0v) is 70.2. The Morgan fingerprint density at radius 1 is 0.377 bits per heavy atom. The summed E-state index contributed by atoms with van der Waals surface area (Å²) in [5.74, 6) is -1.59. The molecule has 0 fully saturated rings. The van der Waals surface area contributed by atoms with E-state index in [2.05, 4.69) is 24.9 Å². The molecule has 31 heteroatoms. The largest absolute Gasteiger partial charge is 0.534 e. The fraction of sp³-hybridized carbons (Fsp3) is 0.121. The quantitative estimate of drug-likeness (QED) is 0.0246. The molecule has 23 nitrogen and oxygen atoms in total. The number of pyridine rings is 6. The first-order valence-electron chi connectivity index (χ1n) is 40.5. The van der Waals surface area contributed by atoms with Crippen LogP contribution >= 0.6 is 0 Å². The third-order valence-electron chi connectivity index (χ3n) is 21.8. The molecule has 0 bridgehead atoms. The van der Waals surface area contributed by atoms with E-state index in [0.717, 1.165) is 55.5 Å². The predicted molar refractivity (Wildman–Crippen MR) is 473 cm³/mol. The van der Waals surface area contributed by atoms with Crippen molar-refractivity contribution >= 4 is 73.1 Å². The molecular weight excluding hydrogens is 1700 g/mol. The van der Waals surface area contributed by atoms with Crippen molar-refractivity contribution < 1.29 is 92.2 Å². The number of carbonyl (C=O) groups is 3. The molecule has 0 saturated carbocycles. The fourth-order valence-electron chi connectivity index (χ4n) is 16.0. The summed E-state index contributed by atoms with van der Waals surface area (Å²) < 4.78 is 140. The van der Waals surface area contributed by atoms with E-state index in [9.17, 15) is 54.3 Å². The second-order valence-corrected chi connectivity index (χ2v) is 31.5. The number of carbonyl (C=O) groups excluding carboxylic acids is 3. The van der Waals surface area contributed by atoms with E-state index in [-0.39, 0.29) is 93.5 Å². The van der Waals surface area contributed by atoms with E-state index < -0.39 is 52.4 Å². The van der Waals surface area contributed by atoms with Gasteiger partial charge in [0.2, 0.25) is 17.6 Å². The van der Waals surface area contributed by atoms with Gasteiger partial charge in [0, 0.05) is 119 Å². The van der Waals surface area contributed by atoms with Crippen LogP contribution in [-0.2, 0) is 49.4 Å². The summed E-state index contributed by atoms with van der Waals surface area (Å²) in [6, 6.07) is 76.6. The molecule has 0 saturated heterocycles. The summed E-state index contributed by atoms with van der Waals surface area (Å²) >= 11 is 0. The Morgan fingerprint density at radius 3 is 1.08 bits per heavy atom. The highest BCUT2D eigenvalue weighted by atomic mass is 32.2. The first-order chi connectivity index (χ1) is 63.0. The van der Waals surface area contributed by atoms with E-state index in [1.165, 1.54) is 91.1 Å². The monoisotopic (exact) mass is 1770 g/mol. The lowest BCUT2D eigenvalue weighted by Crippen LogP contribution is -2.31. The summed E-state index contributed by atoms with van der Waals surface area (Å²) in [6.07, 6.45) is 8.19. The number of fused-ring (bicyclic) bond motifs is 6. The Balaban J connectivity index is 0.000000136. The Morgan fingerprint density at radius 2 is 0.700 bits per heavy atom. The number of aromatic nitrogens is 6. The lowest BCUT2D eigenvalue weighted by molar-refractivity contribution is -0.0500. The van der Waals surface area contributed by atoms with Gasteiger partial charge in [0.25, 0.3) is 17.7 Å². The van der Waals surface area contributed by atoms with Crippen molar-refractivity contribution in [2.45, 2.75) is 57.0 Å². The van der Waals surface area contributed by atoms with E-state index in [1.54, 1.807) is 91.3 Å². The maximum absolute atomic E-state index is 14.4. The molecule has 19 rings (SSSR count). The Labute approximate surface area is 741 Å². The topological polar surface area (TPSA) is 288 Å². The number of phenolic OH excluding ortho intramolecular Hbond substituents is 1. The molecule has 652 valence electrons. The van der Waals surface area contributed by atoms with Crippen molar-refractivity contribution in [3.05, 3.63) is 394 Å². The van der Waals surface area contributed by atoms with E-state index in [4.69, 9.17) is 42.9 Å². The van der Waals surface area contributed by atoms with Gasteiger partial charge in [0.15, 0.2) is 23.0 Å². The standard InChI is InChI=1S/C37H28FN3O3.C32H22F4N2O5S.C24H18FN3O3.C6H8BNO3/c1-43-36-29(15-9-21-40-36)31-28-14-8-20-39-33(28)35(44-34(25-10-4-2-5-11-25)26-12-6-3-7-13-26)32-30(31)23-41(37(32)42)22-24-16-18-27(38)19-17-24;33-23-15-13-20(14-16-23)18-38-19-25-26(31(38)39)30(42-28(21-8-3-1-4-9-21)22-10-5-2-6-11-22)27-24(12-7-17-37-27)29(25)43-44(40,41)32(34,35)36;1-31-23-17(5-3-11-27-23)19-16-4-2-10-26-21(16)22(29)20-18(19)13-28(24(20)30)12-14-6-8-15(25)9-7-14;1-11-6-5(7(9)10)3-2-4-8-6/h2-21,34H,22-23H2,1H3;1-17,28H,18-19H2;2-11,29H,12-13H2,1H3;2-4,9-10H,1H3. The molecule has 0 unspecified atom stereocenters. The number of hydrogen-bond acceptors (Lipinski definition) is 20. The van der Waals surface area contributed by atoms with Crippen molar-refractivity contribution in [1.29, 1.82) is 0 Å². The minimum absolute atomic E-state index is 0.0448. The number of halogens is 6. The summed E-state index contributed by atoms with van der Waals surface area (Å²) in [7, 11) is -3.10. The number of methoxy groups -OCH3 is 3. The van der Waals surface area contributed by atoms with Crippen LogP contribution in [0.1, 0.15) is 98.9 Å². The second-order valence-electron chi connectivity index (χ2n) is 29.9. The minimum atomic E-state index is -6.12. The number of benzene rings is 10. The third kappa shape index (κ3) is 18.3. The molecule has 3 aliphatic rings. The lowest BCUT2D eigenvalue weighted by atomic mass is 9.81. The number of ether oxygens (including phenoxy) is 5. The van der Waals surface area contributed by atoms with Crippen LogP contribution < -0.4 is 33.3 Å². The minimum Gasteiger partial charge on any atom is -0.505 e. The average Bonchev–Trinajstić information content (AvgIpc) is 1.55. The summed E-state index contributed by atoms with van der Waals surface area (Å²) in [4.78, 5) is 72.4. The average molecular weight is 1770 g/mol. The SMILES string of the molecule is COc1ncccc1-c1c2c(c(O)c3ncccc13)C(=O)N(Cc1ccc(F)cc1)C2.COc1ncccc1-c1c2c(c(OC(c3ccccc3)c3ccccc3)c3ncccc13)C(=O)N(Cc1ccc(F)cc1)C2.COc1ncccc1B(O)O.O=C1c2c(c(OS(=O)(=O)C(F)(F)F)c3cccnc3c2OC(c2ccccc2)c2ccccc2)CN1Cc1ccc(F)cc1. The molecule has 3 N–H and O–H groups in total. The zero-order chi connectivity index (χ0) is 90.9. The highest BCUT2D eigenvalue weighted by molar-refractivity contribution is 7.88. The molecule has 0 radical (unpaired) electrons. The van der Waals surface area contributed by atoms with Crippen LogP contribution in [0.3, 0.4) is 0 Å². The molecule has 3 amide bonds. The molecule has 0 aliphatic carbocycles. The number of hydrogen-bond donors (Lipinski definition) is 3. The molecule has 9 heterocycles. The van der Waals surface area contributed by atoms with Crippen molar-refractivity contribution in [3.8, 4) is 62.9 Å². The van der Waals surface area contributed by atoms with Crippen molar-refractivity contribution in [2.24, 2.45) is 0 Å². The maximum Gasteiger partial charge on any atom is 0.534 e. The predicted octanol–water partition coefficient (Wildman–Crippen LogP) is 17.8. The number of alkyl halides is 3. The maximum atomic E-state index is 14.4. The van der Waals surface area contributed by atoms with E-state index >= 15 is 0 Å². The smallest absolute Gasteiger partial charge is 0.505 e. The Bertz CT molecular complexity index is 6920. The van der Waals surface area contributed by atoms with Gasteiger partial charge in [0.05, 0.1) is 44.6 Å². The molecule has 3 aliphatic heterocycles.